The van der Waals surface area contributed by atoms with Crippen LogP contribution in [-0.2, 0) is 37.0 Å². The van der Waals surface area contributed by atoms with Gasteiger partial charge in [0.05, 0.1) is 12.2 Å². The molecule has 0 spiro atoms. The third-order valence-electron chi connectivity index (χ3n) is 5.96. The summed E-state index contributed by atoms with van der Waals surface area (Å²) >= 11 is 0. The van der Waals surface area contributed by atoms with Crippen LogP contribution < -0.4 is 0 Å². The van der Waals surface area contributed by atoms with Gasteiger partial charge in [-0.2, -0.15) is 10.2 Å². The van der Waals surface area contributed by atoms with E-state index in [-0.39, 0.29) is 5.91 Å². The Morgan fingerprint density at radius 1 is 1.12 bits per heavy atom. The fourth-order valence-electron chi connectivity index (χ4n) is 4.22. The highest BCUT2D eigenvalue weighted by molar-refractivity contribution is 5.76. The quantitative estimate of drug-likeness (QED) is 0.907. The number of carbonyl (C=O) groups excluding carboxylic acids is 1. The van der Waals surface area contributed by atoms with Crippen molar-refractivity contribution in [3.63, 3.8) is 0 Å². The Morgan fingerprint density at radius 2 is 2.00 bits per heavy atom. The molecule has 0 saturated heterocycles. The number of hydrogen-bond acceptors (Lipinski definition) is 4. The van der Waals surface area contributed by atoms with Crippen LogP contribution in [0.15, 0.2) is 0 Å². The van der Waals surface area contributed by atoms with Crippen LogP contribution in [0.2, 0.25) is 0 Å². The minimum atomic E-state index is 0.228. The van der Waals surface area contributed by atoms with Gasteiger partial charge in [-0.1, -0.05) is 0 Å². The van der Waals surface area contributed by atoms with Crippen molar-refractivity contribution in [3.8, 4) is 0 Å². The van der Waals surface area contributed by atoms with Crippen LogP contribution in [0.1, 0.15) is 66.6 Å². The number of aromatic nitrogens is 5. The normalized spacial score (nSPS) is 19.8. The van der Waals surface area contributed by atoms with E-state index in [1.54, 1.807) is 0 Å². The third kappa shape index (κ3) is 3.04. The Bertz CT molecular complexity index is 793. The van der Waals surface area contributed by atoms with Gasteiger partial charge in [0.2, 0.25) is 5.91 Å². The van der Waals surface area contributed by atoms with Crippen molar-refractivity contribution < 1.29 is 4.79 Å². The van der Waals surface area contributed by atoms with E-state index in [0.29, 0.717) is 12.3 Å². The third-order valence-corrected chi connectivity index (χ3v) is 5.96. The molecule has 1 N–H and O–H groups in total. The van der Waals surface area contributed by atoms with Gasteiger partial charge in [-0.3, -0.25) is 9.89 Å². The zero-order valence-corrected chi connectivity index (χ0v) is 15.2. The molecular formula is C19H26N6O. The SMILES string of the molecule is O=C(CCc1n[nH]c2c1CCCC2)N1CCc2nc(C3CC3)nn2CC1. The van der Waals surface area contributed by atoms with E-state index in [9.17, 15) is 4.79 Å². The lowest BCUT2D eigenvalue weighted by molar-refractivity contribution is -0.131. The van der Waals surface area contributed by atoms with Crippen LogP contribution in [0.5, 0.6) is 0 Å². The molecule has 3 aliphatic rings. The Balaban J connectivity index is 1.18. The van der Waals surface area contributed by atoms with Crippen LogP contribution in [0, 0.1) is 0 Å². The molecule has 1 fully saturated rings. The first-order valence-corrected chi connectivity index (χ1v) is 10.0. The van der Waals surface area contributed by atoms with Crippen LogP contribution in [0.3, 0.4) is 0 Å². The van der Waals surface area contributed by atoms with Gasteiger partial charge >= 0.3 is 0 Å². The summed E-state index contributed by atoms with van der Waals surface area (Å²) in [5, 5.41) is 12.3. The second-order valence-electron chi connectivity index (χ2n) is 7.85. The summed E-state index contributed by atoms with van der Waals surface area (Å²) in [6.45, 7) is 2.25. The molecule has 0 bridgehead atoms. The topological polar surface area (TPSA) is 79.7 Å². The van der Waals surface area contributed by atoms with Crippen molar-refractivity contribution in [2.45, 2.75) is 70.3 Å². The highest BCUT2D eigenvalue weighted by Gasteiger charge is 2.30. The zero-order valence-electron chi connectivity index (χ0n) is 15.2. The molecule has 2 aliphatic carbocycles. The predicted octanol–water partition coefficient (Wildman–Crippen LogP) is 1.77. The van der Waals surface area contributed by atoms with Gasteiger partial charge in [-0.15, -0.1) is 0 Å². The summed E-state index contributed by atoms with van der Waals surface area (Å²) in [6.07, 6.45) is 9.24. The number of aromatic amines is 1. The standard InChI is InChI=1S/C19H26N6O/c26-18(8-7-16-14-3-1-2-4-15(14)21-22-16)24-10-9-17-20-19(13-5-6-13)23-25(17)12-11-24/h13H,1-12H2,(H,21,22). The lowest BCUT2D eigenvalue weighted by Gasteiger charge is -2.20. The number of hydrogen-bond donors (Lipinski definition) is 1. The zero-order chi connectivity index (χ0) is 17.5. The van der Waals surface area contributed by atoms with Crippen LogP contribution in [-0.4, -0.2) is 48.9 Å². The minimum Gasteiger partial charge on any atom is -0.340 e. The maximum absolute atomic E-state index is 12.7. The molecule has 0 aromatic carbocycles. The van der Waals surface area contributed by atoms with Crippen LogP contribution >= 0.6 is 0 Å². The number of carbonyl (C=O) groups is 1. The number of H-pyrrole nitrogens is 1. The van der Waals surface area contributed by atoms with Gasteiger partial charge in [0, 0.05) is 44.0 Å². The van der Waals surface area contributed by atoms with Crippen LogP contribution in [0.25, 0.3) is 0 Å². The Labute approximate surface area is 153 Å². The van der Waals surface area contributed by atoms with Crippen molar-refractivity contribution in [3.05, 3.63) is 28.6 Å². The average Bonchev–Trinajstić information content (AvgIpc) is 3.36. The molecule has 2 aromatic heterocycles. The molecule has 0 unspecified atom stereocenters. The number of rotatable bonds is 4. The summed E-state index contributed by atoms with van der Waals surface area (Å²) in [5.41, 5.74) is 3.76. The van der Waals surface area contributed by atoms with Gasteiger partial charge in [0.25, 0.3) is 0 Å². The van der Waals surface area contributed by atoms with E-state index in [0.717, 1.165) is 62.7 Å². The molecule has 2 aromatic rings. The molecule has 26 heavy (non-hydrogen) atoms. The summed E-state index contributed by atoms with van der Waals surface area (Å²) in [5.74, 6) is 2.88. The first kappa shape index (κ1) is 16.0. The predicted molar refractivity (Wildman–Crippen MR) is 95.8 cm³/mol. The fraction of sp³-hybridized carbons (Fsp3) is 0.684. The Hall–Kier alpha value is -2.18. The Kier molecular flexibility index (Phi) is 4.02. The lowest BCUT2D eigenvalue weighted by atomic mass is 9.94. The van der Waals surface area contributed by atoms with E-state index in [4.69, 9.17) is 4.98 Å². The second-order valence-corrected chi connectivity index (χ2v) is 7.85. The average molecular weight is 354 g/mol. The molecule has 1 amide bonds. The van der Waals surface area contributed by atoms with E-state index >= 15 is 0 Å². The smallest absolute Gasteiger partial charge is 0.223 e. The van der Waals surface area contributed by atoms with Gasteiger partial charge < -0.3 is 4.90 Å². The summed E-state index contributed by atoms with van der Waals surface area (Å²) in [4.78, 5) is 19.4. The molecule has 0 radical (unpaired) electrons. The Morgan fingerprint density at radius 3 is 2.88 bits per heavy atom. The van der Waals surface area contributed by atoms with E-state index in [1.807, 2.05) is 9.58 Å². The van der Waals surface area contributed by atoms with Gasteiger partial charge in [-0.25, -0.2) is 9.67 Å². The molecule has 1 saturated carbocycles. The largest absolute Gasteiger partial charge is 0.340 e. The molecule has 3 heterocycles. The van der Waals surface area contributed by atoms with Crippen molar-refractivity contribution in [2.75, 3.05) is 13.1 Å². The highest BCUT2D eigenvalue weighted by Crippen LogP contribution is 2.38. The monoisotopic (exact) mass is 354 g/mol. The number of aryl methyl sites for hydroxylation is 2. The van der Waals surface area contributed by atoms with Crippen molar-refractivity contribution in [2.24, 2.45) is 0 Å². The first-order chi connectivity index (χ1) is 12.8. The van der Waals surface area contributed by atoms with E-state index in [2.05, 4.69) is 15.3 Å². The van der Waals surface area contributed by atoms with Gasteiger partial charge in [0.15, 0.2) is 5.82 Å². The molecule has 1 aliphatic heterocycles. The molecular weight excluding hydrogens is 328 g/mol. The molecule has 7 heteroatoms. The van der Waals surface area contributed by atoms with Crippen LogP contribution in [0.4, 0.5) is 0 Å². The summed E-state index contributed by atoms with van der Waals surface area (Å²) < 4.78 is 2.02. The molecule has 5 rings (SSSR count). The fourth-order valence-corrected chi connectivity index (χ4v) is 4.22. The summed E-state index contributed by atoms with van der Waals surface area (Å²) in [7, 11) is 0. The number of fused-ring (bicyclic) bond motifs is 2. The summed E-state index contributed by atoms with van der Waals surface area (Å²) in [6, 6.07) is 0. The van der Waals surface area contributed by atoms with Gasteiger partial charge in [-0.05, 0) is 44.1 Å². The van der Waals surface area contributed by atoms with E-state index < -0.39 is 0 Å². The maximum Gasteiger partial charge on any atom is 0.223 e. The second kappa shape index (κ2) is 6.52. The van der Waals surface area contributed by atoms with E-state index in [1.165, 1.54) is 36.9 Å². The molecule has 138 valence electrons. The number of nitrogens with one attached hydrogen (secondary N) is 1. The number of amides is 1. The molecule has 7 nitrogen and oxygen atoms in total. The molecule has 0 atom stereocenters. The first-order valence-electron chi connectivity index (χ1n) is 10.0. The highest BCUT2D eigenvalue weighted by atomic mass is 16.2. The van der Waals surface area contributed by atoms with Crippen molar-refractivity contribution in [1.29, 1.82) is 0 Å². The number of nitrogens with zero attached hydrogens (tertiary/aromatic N) is 5. The van der Waals surface area contributed by atoms with Crippen molar-refractivity contribution in [1.82, 2.24) is 29.9 Å². The van der Waals surface area contributed by atoms with Gasteiger partial charge in [0.1, 0.15) is 5.82 Å². The minimum absolute atomic E-state index is 0.228. The van der Waals surface area contributed by atoms with Crippen molar-refractivity contribution >= 4 is 5.91 Å². The lowest BCUT2D eigenvalue weighted by Crippen LogP contribution is -2.34. The maximum atomic E-state index is 12.7.